The van der Waals surface area contributed by atoms with Crippen molar-refractivity contribution in [2.24, 2.45) is 0 Å². The molecule has 6 rings (SSSR count). The number of amides is 2. The molecule has 11 heteroatoms. The second-order valence-corrected chi connectivity index (χ2v) is 10.5. The van der Waals surface area contributed by atoms with E-state index in [-0.39, 0.29) is 17.9 Å². The molecule has 0 bridgehead atoms. The molecule has 0 unspecified atom stereocenters. The third-order valence-electron chi connectivity index (χ3n) is 7.75. The van der Waals surface area contributed by atoms with Crippen LogP contribution in [0.3, 0.4) is 0 Å². The van der Waals surface area contributed by atoms with Gasteiger partial charge in [-0.3, -0.25) is 9.59 Å². The fraction of sp³-hybridized carbons (Fsp3) is 0.300. The maximum Gasteiger partial charge on any atom is 0.255 e. The van der Waals surface area contributed by atoms with Crippen LogP contribution in [0.2, 0.25) is 0 Å². The van der Waals surface area contributed by atoms with Gasteiger partial charge in [0.1, 0.15) is 23.6 Å². The van der Waals surface area contributed by atoms with Crippen molar-refractivity contribution in [2.45, 2.75) is 25.3 Å². The molecule has 2 aromatic carbocycles. The number of anilines is 3. The minimum absolute atomic E-state index is 0.0791. The maximum absolute atomic E-state index is 13.1. The molecule has 4 aromatic rings. The summed E-state index contributed by atoms with van der Waals surface area (Å²) in [6.07, 6.45) is 5.10. The molecule has 210 valence electrons. The summed E-state index contributed by atoms with van der Waals surface area (Å²) in [5, 5.41) is 8.69. The van der Waals surface area contributed by atoms with Gasteiger partial charge in [-0.2, -0.15) is 5.10 Å². The molecule has 41 heavy (non-hydrogen) atoms. The zero-order valence-corrected chi connectivity index (χ0v) is 23.1. The van der Waals surface area contributed by atoms with Crippen LogP contribution < -0.4 is 20.7 Å². The molecular formula is C30H32N8O3. The largest absolute Gasteiger partial charge is 0.492 e. The highest BCUT2D eigenvalue weighted by Gasteiger charge is 2.30. The van der Waals surface area contributed by atoms with Crippen molar-refractivity contribution in [3.8, 4) is 17.0 Å². The highest BCUT2D eigenvalue weighted by molar-refractivity contribution is 6.06. The van der Waals surface area contributed by atoms with Gasteiger partial charge in [-0.25, -0.2) is 14.6 Å². The van der Waals surface area contributed by atoms with Gasteiger partial charge in [0.05, 0.1) is 18.0 Å². The minimum Gasteiger partial charge on any atom is -0.492 e. The van der Waals surface area contributed by atoms with Crippen LogP contribution in [0.15, 0.2) is 55.4 Å². The minimum atomic E-state index is -0.194. The Morgan fingerprint density at radius 1 is 1.17 bits per heavy atom. The summed E-state index contributed by atoms with van der Waals surface area (Å²) < 4.78 is 7.97. The summed E-state index contributed by atoms with van der Waals surface area (Å²) >= 11 is 0. The molecular weight excluding hydrogens is 520 g/mol. The number of nitrogens with zero attached hydrogens (tertiary/aromatic N) is 6. The maximum atomic E-state index is 13.1. The van der Waals surface area contributed by atoms with Crippen molar-refractivity contribution in [1.82, 2.24) is 24.6 Å². The van der Waals surface area contributed by atoms with Crippen LogP contribution in [0.5, 0.6) is 5.75 Å². The molecule has 2 aliphatic heterocycles. The molecule has 0 saturated carbocycles. The lowest BCUT2D eigenvalue weighted by Gasteiger charge is -2.32. The highest BCUT2D eigenvalue weighted by Crippen LogP contribution is 2.44. The first-order chi connectivity index (χ1) is 19.9. The third-order valence-corrected chi connectivity index (χ3v) is 7.75. The zero-order chi connectivity index (χ0) is 28.7. The van der Waals surface area contributed by atoms with E-state index in [2.05, 4.69) is 21.9 Å². The normalized spacial score (nSPS) is 16.2. The fourth-order valence-corrected chi connectivity index (χ4v) is 5.63. The Kier molecular flexibility index (Phi) is 6.78. The lowest BCUT2D eigenvalue weighted by Crippen LogP contribution is -2.40. The molecule has 2 aromatic heterocycles. The predicted octanol–water partition coefficient (Wildman–Crippen LogP) is 3.68. The van der Waals surface area contributed by atoms with Crippen LogP contribution >= 0.6 is 0 Å². The molecule has 0 aliphatic carbocycles. The lowest BCUT2D eigenvalue weighted by molar-refractivity contribution is -0.127. The van der Waals surface area contributed by atoms with Gasteiger partial charge in [0.15, 0.2) is 5.65 Å². The number of piperidine rings is 1. The van der Waals surface area contributed by atoms with E-state index in [4.69, 9.17) is 15.6 Å². The Morgan fingerprint density at radius 2 is 1.98 bits per heavy atom. The molecule has 3 N–H and O–H groups in total. The molecule has 4 heterocycles. The van der Waals surface area contributed by atoms with Crippen molar-refractivity contribution >= 4 is 40.0 Å². The number of rotatable bonds is 6. The number of likely N-dealkylation sites (tertiary alicyclic amines) is 1. The quantitative estimate of drug-likeness (QED) is 0.347. The predicted molar refractivity (Wildman–Crippen MR) is 158 cm³/mol. The topological polar surface area (TPSA) is 132 Å². The number of fused-ring (bicyclic) bond motifs is 2. The number of benzene rings is 2. The smallest absolute Gasteiger partial charge is 0.255 e. The first-order valence-corrected chi connectivity index (χ1v) is 13.6. The SMILES string of the molecule is C=CC(=O)N1CCC[C@@H](n2nc(-c3ccc(NC(=O)c4ccc(N(C)C)cc4)c4c3OCC4)c3c(N)ncnc32)C1. The molecule has 1 atom stereocenters. The average molecular weight is 553 g/mol. The number of nitrogen functional groups attached to an aromatic ring is 1. The van der Waals surface area contributed by atoms with Crippen LogP contribution in [0.4, 0.5) is 17.2 Å². The molecule has 0 radical (unpaired) electrons. The van der Waals surface area contributed by atoms with E-state index >= 15 is 0 Å². The summed E-state index contributed by atoms with van der Waals surface area (Å²) in [7, 11) is 3.92. The number of aromatic nitrogens is 4. The van der Waals surface area contributed by atoms with E-state index in [0.29, 0.717) is 65.7 Å². The van der Waals surface area contributed by atoms with E-state index in [1.165, 1.54) is 12.4 Å². The number of ether oxygens (including phenoxy) is 1. The van der Waals surface area contributed by atoms with E-state index in [1.807, 2.05) is 60.1 Å². The number of nitrogens with one attached hydrogen (secondary N) is 1. The summed E-state index contributed by atoms with van der Waals surface area (Å²) in [5.41, 5.74) is 11.5. The van der Waals surface area contributed by atoms with Crippen molar-refractivity contribution in [3.63, 3.8) is 0 Å². The van der Waals surface area contributed by atoms with Crippen LogP contribution in [0.1, 0.15) is 34.8 Å². The van der Waals surface area contributed by atoms with E-state index in [9.17, 15) is 9.59 Å². The lowest BCUT2D eigenvalue weighted by atomic mass is 10.0. The van der Waals surface area contributed by atoms with Gasteiger partial charge in [0.2, 0.25) is 5.91 Å². The number of carbonyl (C=O) groups is 2. The number of hydrogen-bond acceptors (Lipinski definition) is 8. The molecule has 2 amide bonds. The molecule has 2 aliphatic rings. The van der Waals surface area contributed by atoms with Gasteiger partial charge >= 0.3 is 0 Å². The summed E-state index contributed by atoms with van der Waals surface area (Å²) in [5.74, 6) is 0.683. The standard InChI is InChI=1S/C30H32N8O3/c1-4-24(39)37-14-5-6-20(16-37)38-29-25(28(31)32-17-33-29)26(35-38)22-11-12-23(21-13-15-41-27(21)22)34-30(40)18-7-9-19(10-8-18)36(2)3/h4,7-12,17,20H,1,5-6,13-16H2,2-3H3,(H,34,40)(H2,31,32,33)/t20-/m1/s1. The van der Waals surface area contributed by atoms with Crippen molar-refractivity contribution in [2.75, 3.05) is 49.7 Å². The Bertz CT molecular complexity index is 1660. The Balaban J connectivity index is 1.37. The van der Waals surface area contributed by atoms with Gasteiger partial charge in [0, 0.05) is 61.7 Å². The van der Waals surface area contributed by atoms with E-state index in [1.54, 1.807) is 4.90 Å². The van der Waals surface area contributed by atoms with Crippen molar-refractivity contribution in [1.29, 1.82) is 0 Å². The summed E-state index contributed by atoms with van der Waals surface area (Å²) in [6, 6.07) is 11.1. The van der Waals surface area contributed by atoms with Crippen LogP contribution in [0.25, 0.3) is 22.3 Å². The molecule has 0 spiro atoms. The van der Waals surface area contributed by atoms with Crippen LogP contribution in [0, 0.1) is 0 Å². The average Bonchev–Trinajstić information content (AvgIpc) is 3.64. The summed E-state index contributed by atoms with van der Waals surface area (Å²) in [4.78, 5) is 38.0. The second-order valence-electron chi connectivity index (χ2n) is 10.5. The van der Waals surface area contributed by atoms with Gasteiger partial charge in [-0.05, 0) is 55.3 Å². The fourth-order valence-electron chi connectivity index (χ4n) is 5.63. The van der Waals surface area contributed by atoms with Crippen LogP contribution in [-0.4, -0.2) is 70.3 Å². The van der Waals surface area contributed by atoms with Crippen molar-refractivity contribution in [3.05, 3.63) is 66.5 Å². The van der Waals surface area contributed by atoms with Crippen molar-refractivity contribution < 1.29 is 14.3 Å². The number of nitrogens with two attached hydrogens (primary N) is 1. The first kappa shape index (κ1) is 26.3. The molecule has 1 fully saturated rings. The monoisotopic (exact) mass is 552 g/mol. The highest BCUT2D eigenvalue weighted by atomic mass is 16.5. The summed E-state index contributed by atoms with van der Waals surface area (Å²) in [6.45, 7) is 5.30. The Hall–Kier alpha value is -4.93. The van der Waals surface area contributed by atoms with E-state index in [0.717, 1.165) is 29.7 Å². The number of carbonyl (C=O) groups excluding carboxylic acids is 2. The van der Waals surface area contributed by atoms with Gasteiger partial charge in [-0.1, -0.05) is 6.58 Å². The van der Waals surface area contributed by atoms with Gasteiger partial charge in [0.25, 0.3) is 5.91 Å². The second kappa shape index (κ2) is 10.6. The number of hydrogen-bond donors (Lipinski definition) is 2. The Labute approximate surface area is 237 Å². The third kappa shape index (κ3) is 4.73. The Morgan fingerprint density at radius 3 is 2.73 bits per heavy atom. The van der Waals surface area contributed by atoms with Crippen LogP contribution in [-0.2, 0) is 11.2 Å². The molecule has 1 saturated heterocycles. The zero-order valence-electron chi connectivity index (χ0n) is 23.1. The van der Waals surface area contributed by atoms with Gasteiger partial charge in [-0.15, -0.1) is 0 Å². The molecule has 11 nitrogen and oxygen atoms in total. The van der Waals surface area contributed by atoms with Gasteiger partial charge < -0.3 is 25.6 Å². The van der Waals surface area contributed by atoms with E-state index < -0.39 is 0 Å². The first-order valence-electron chi connectivity index (χ1n) is 13.6.